The maximum atomic E-state index is 12.2. The van der Waals surface area contributed by atoms with Gasteiger partial charge in [-0.15, -0.1) is 0 Å². The molecule has 0 amide bonds. The summed E-state index contributed by atoms with van der Waals surface area (Å²) < 4.78 is 50.2. The van der Waals surface area contributed by atoms with Crippen molar-refractivity contribution in [1.29, 1.82) is 0 Å². The number of halogens is 1. The monoisotopic (exact) mass is 432 g/mol. The number of sulfonamides is 2. The summed E-state index contributed by atoms with van der Waals surface area (Å²) in [7, 11) is -7.31. The molecule has 0 aliphatic carbocycles. The minimum atomic E-state index is -3.72. The second-order valence-corrected chi connectivity index (χ2v) is 9.43. The number of hydrogen-bond acceptors (Lipinski definition) is 4. The minimum absolute atomic E-state index is 0.0252. The molecule has 0 bridgehead atoms. The summed E-state index contributed by atoms with van der Waals surface area (Å²) in [6.45, 7) is 2.02. The van der Waals surface area contributed by atoms with Crippen LogP contribution in [0.25, 0.3) is 0 Å². The first kappa shape index (κ1) is 19.1. The maximum absolute atomic E-state index is 12.2. The number of aryl methyl sites for hydroxylation is 1. The number of rotatable bonds is 6. The molecule has 130 valence electrons. The van der Waals surface area contributed by atoms with E-state index in [2.05, 4.69) is 20.7 Å². The van der Waals surface area contributed by atoms with Crippen LogP contribution in [0.5, 0.6) is 0 Å². The molecule has 0 aliphatic rings. The highest BCUT2D eigenvalue weighted by atomic mass is 79.9. The van der Waals surface area contributed by atoms with Gasteiger partial charge >= 0.3 is 0 Å². The van der Waals surface area contributed by atoms with E-state index in [-0.39, 0.29) is 16.3 Å². The summed E-state index contributed by atoms with van der Waals surface area (Å²) in [6, 6.07) is 10.8. The molecule has 24 heavy (non-hydrogen) atoms. The van der Waals surface area contributed by atoms with E-state index in [1.807, 2.05) is 6.92 Å². The molecule has 0 fully saturated rings. The number of hydrogen-bond donors (Lipinski definition) is 2. The minimum Gasteiger partial charge on any atom is -0.225 e. The average Bonchev–Trinajstić information content (AvgIpc) is 2.49. The lowest BCUT2D eigenvalue weighted by Gasteiger charge is -2.08. The fraction of sp³-hybridized carbons (Fsp3) is 0.200. The van der Waals surface area contributed by atoms with Crippen molar-refractivity contribution < 1.29 is 16.8 Å². The molecule has 0 radical (unpaired) electrons. The first-order valence-electron chi connectivity index (χ1n) is 6.97. The number of nitrogens with two attached hydrogens (primary N) is 1. The zero-order valence-electron chi connectivity index (χ0n) is 12.9. The summed E-state index contributed by atoms with van der Waals surface area (Å²) in [5, 5.41) is 5.03. The van der Waals surface area contributed by atoms with Crippen molar-refractivity contribution in [3.05, 3.63) is 58.1 Å². The smallest absolute Gasteiger partial charge is 0.225 e. The van der Waals surface area contributed by atoms with Crippen LogP contribution in [0.1, 0.15) is 11.1 Å². The fourth-order valence-corrected chi connectivity index (χ4v) is 3.92. The van der Waals surface area contributed by atoms with E-state index in [9.17, 15) is 16.8 Å². The van der Waals surface area contributed by atoms with Crippen LogP contribution in [0.4, 0.5) is 0 Å². The summed E-state index contributed by atoms with van der Waals surface area (Å²) in [5.74, 6) is 0. The molecule has 2 aromatic carbocycles. The summed E-state index contributed by atoms with van der Waals surface area (Å²) >= 11 is 3.33. The zero-order valence-corrected chi connectivity index (χ0v) is 16.1. The van der Waals surface area contributed by atoms with Crippen LogP contribution in [-0.2, 0) is 26.5 Å². The van der Waals surface area contributed by atoms with Gasteiger partial charge in [-0.25, -0.2) is 26.7 Å². The molecule has 2 aromatic rings. The third kappa shape index (κ3) is 4.87. The van der Waals surface area contributed by atoms with Crippen LogP contribution in [0, 0.1) is 6.92 Å². The first-order valence-corrected chi connectivity index (χ1v) is 10.8. The molecular formula is C15H17BrN2O4S2. The highest BCUT2D eigenvalue weighted by molar-refractivity contribution is 9.10. The maximum Gasteiger partial charge on any atom is 0.240 e. The van der Waals surface area contributed by atoms with Gasteiger partial charge in [0, 0.05) is 11.0 Å². The van der Waals surface area contributed by atoms with Gasteiger partial charge in [0.2, 0.25) is 20.0 Å². The third-order valence-electron chi connectivity index (χ3n) is 3.40. The Bertz CT molecular complexity index is 940. The molecule has 0 heterocycles. The van der Waals surface area contributed by atoms with Crippen molar-refractivity contribution in [3.8, 4) is 0 Å². The van der Waals surface area contributed by atoms with Crippen molar-refractivity contribution in [2.24, 2.45) is 5.14 Å². The SMILES string of the molecule is Cc1cc(S(=O)(=O)NCCc2ccc(S(N)(=O)=O)cc2)ccc1Br. The van der Waals surface area contributed by atoms with Crippen LogP contribution in [-0.4, -0.2) is 23.4 Å². The molecule has 0 aromatic heterocycles. The first-order chi connectivity index (χ1) is 11.1. The summed E-state index contributed by atoms with van der Waals surface area (Å²) in [4.78, 5) is 0.227. The number of nitrogens with one attached hydrogen (secondary N) is 1. The number of primary sulfonamides is 1. The lowest BCUT2D eigenvalue weighted by atomic mass is 10.2. The molecule has 2 rings (SSSR count). The third-order valence-corrected chi connectivity index (χ3v) is 6.68. The van der Waals surface area contributed by atoms with Gasteiger partial charge in [-0.3, -0.25) is 0 Å². The summed E-state index contributed by atoms with van der Waals surface area (Å²) in [6.07, 6.45) is 0.430. The quantitative estimate of drug-likeness (QED) is 0.726. The molecule has 0 saturated carbocycles. The second-order valence-electron chi connectivity index (χ2n) is 5.25. The van der Waals surface area contributed by atoms with E-state index < -0.39 is 20.0 Å². The largest absolute Gasteiger partial charge is 0.240 e. The van der Waals surface area contributed by atoms with E-state index in [1.54, 1.807) is 24.3 Å². The molecule has 0 saturated heterocycles. The van der Waals surface area contributed by atoms with Crippen LogP contribution < -0.4 is 9.86 Å². The molecule has 0 atom stereocenters. The number of benzene rings is 2. The Morgan fingerprint density at radius 3 is 2.12 bits per heavy atom. The normalized spacial score (nSPS) is 12.3. The van der Waals surface area contributed by atoms with E-state index >= 15 is 0 Å². The second kappa shape index (κ2) is 7.32. The Hall–Kier alpha value is -1.26. The van der Waals surface area contributed by atoms with E-state index in [0.29, 0.717) is 6.42 Å². The van der Waals surface area contributed by atoms with Crippen molar-refractivity contribution in [3.63, 3.8) is 0 Å². The molecule has 0 spiro atoms. The highest BCUT2D eigenvalue weighted by Gasteiger charge is 2.14. The van der Waals surface area contributed by atoms with Crippen LogP contribution in [0.2, 0.25) is 0 Å². The molecule has 0 aliphatic heterocycles. The Labute approximate surface area is 150 Å². The Morgan fingerprint density at radius 2 is 1.58 bits per heavy atom. The van der Waals surface area contributed by atoms with Gasteiger partial charge in [-0.2, -0.15) is 0 Å². The molecule has 9 heteroatoms. The Kier molecular flexibility index (Phi) is 5.82. The van der Waals surface area contributed by atoms with Gasteiger partial charge in [0.25, 0.3) is 0 Å². The zero-order chi connectivity index (χ0) is 18.0. The van der Waals surface area contributed by atoms with Crippen molar-refractivity contribution >= 4 is 36.0 Å². The topological polar surface area (TPSA) is 106 Å². The van der Waals surface area contributed by atoms with Gasteiger partial charge in [0.1, 0.15) is 0 Å². The van der Waals surface area contributed by atoms with Crippen molar-refractivity contribution in [2.75, 3.05) is 6.54 Å². The lowest BCUT2D eigenvalue weighted by Crippen LogP contribution is -2.26. The molecular weight excluding hydrogens is 416 g/mol. The van der Waals surface area contributed by atoms with Crippen molar-refractivity contribution in [1.82, 2.24) is 4.72 Å². The standard InChI is InChI=1S/C15H17BrN2O4S2/c1-11-10-14(6-7-15(11)16)24(21,22)18-9-8-12-2-4-13(5-3-12)23(17,19)20/h2-7,10,18H,8-9H2,1H3,(H2,17,19,20). The van der Waals surface area contributed by atoms with Gasteiger partial charge in [-0.05, 0) is 54.8 Å². The molecule has 3 N–H and O–H groups in total. The van der Waals surface area contributed by atoms with E-state index in [4.69, 9.17) is 5.14 Å². The average molecular weight is 433 g/mol. The predicted octanol–water partition coefficient (Wildman–Crippen LogP) is 1.93. The van der Waals surface area contributed by atoms with Crippen molar-refractivity contribution in [2.45, 2.75) is 23.1 Å². The van der Waals surface area contributed by atoms with Crippen LogP contribution in [0.3, 0.4) is 0 Å². The van der Waals surface area contributed by atoms with Gasteiger partial charge in [0.05, 0.1) is 9.79 Å². The Morgan fingerprint density at radius 1 is 1.00 bits per heavy atom. The molecule has 0 unspecified atom stereocenters. The van der Waals surface area contributed by atoms with Gasteiger partial charge in [-0.1, -0.05) is 28.1 Å². The van der Waals surface area contributed by atoms with Gasteiger partial charge < -0.3 is 0 Å². The predicted molar refractivity (Wildman–Crippen MR) is 95.6 cm³/mol. The van der Waals surface area contributed by atoms with E-state index in [0.717, 1.165) is 15.6 Å². The van der Waals surface area contributed by atoms with Crippen LogP contribution >= 0.6 is 15.9 Å². The van der Waals surface area contributed by atoms with Crippen LogP contribution in [0.15, 0.2) is 56.7 Å². The van der Waals surface area contributed by atoms with E-state index in [1.165, 1.54) is 18.2 Å². The fourth-order valence-electron chi connectivity index (χ4n) is 2.04. The molecule has 6 nitrogen and oxygen atoms in total. The summed E-state index contributed by atoms with van der Waals surface area (Å²) in [5.41, 5.74) is 1.63. The lowest BCUT2D eigenvalue weighted by molar-refractivity contribution is 0.581. The van der Waals surface area contributed by atoms with Gasteiger partial charge in [0.15, 0.2) is 0 Å². The Balaban J connectivity index is 2.01. The highest BCUT2D eigenvalue weighted by Crippen LogP contribution is 2.20.